The van der Waals surface area contributed by atoms with Gasteiger partial charge in [-0.1, -0.05) is 0 Å². The topological polar surface area (TPSA) is 108 Å². The zero-order valence-electron chi connectivity index (χ0n) is 10.6. The molecule has 0 heterocycles. The van der Waals surface area contributed by atoms with E-state index in [-0.39, 0.29) is 17.2 Å². The summed E-state index contributed by atoms with van der Waals surface area (Å²) in [5.41, 5.74) is 0.366. The van der Waals surface area contributed by atoms with Gasteiger partial charge in [-0.3, -0.25) is 14.9 Å². The van der Waals surface area contributed by atoms with Crippen molar-refractivity contribution in [1.29, 1.82) is 5.26 Å². The lowest BCUT2D eigenvalue weighted by atomic mass is 10.1. The molecule has 0 aliphatic carbocycles. The fraction of sp³-hybridized carbons (Fsp3) is 0.333. The first kappa shape index (κ1) is 14.4. The van der Waals surface area contributed by atoms with Gasteiger partial charge in [-0.25, -0.2) is 0 Å². The summed E-state index contributed by atoms with van der Waals surface area (Å²) < 4.78 is 0. The number of nitrogens with one attached hydrogen (secondary N) is 2. The molecular formula is C12H14N4O3. The molecule has 0 spiro atoms. The maximum absolute atomic E-state index is 11.6. The standard InChI is InChI=1S/C12H14N4O3/c1-3-14-12(17)8(2)15-11-5-4-10(16(18)19)6-9(11)7-13/h4-6,8,15H,3H2,1-2H3,(H,14,17). The van der Waals surface area contributed by atoms with Gasteiger partial charge < -0.3 is 10.6 Å². The van der Waals surface area contributed by atoms with Crippen LogP contribution in [-0.4, -0.2) is 23.4 Å². The van der Waals surface area contributed by atoms with E-state index >= 15 is 0 Å². The molecule has 100 valence electrons. The van der Waals surface area contributed by atoms with Gasteiger partial charge in [-0.2, -0.15) is 5.26 Å². The number of nitriles is 1. The molecule has 0 fully saturated rings. The fourth-order valence-corrected chi connectivity index (χ4v) is 1.49. The van der Waals surface area contributed by atoms with Crippen LogP contribution in [0.1, 0.15) is 19.4 Å². The van der Waals surface area contributed by atoms with Crippen LogP contribution in [0.25, 0.3) is 0 Å². The van der Waals surface area contributed by atoms with Crippen molar-refractivity contribution in [1.82, 2.24) is 5.32 Å². The number of amides is 1. The zero-order chi connectivity index (χ0) is 14.4. The Morgan fingerprint density at radius 1 is 1.58 bits per heavy atom. The number of carbonyl (C=O) groups excluding carboxylic acids is 1. The molecule has 1 atom stereocenters. The van der Waals surface area contributed by atoms with Crippen LogP contribution in [0.5, 0.6) is 0 Å². The first-order valence-corrected chi connectivity index (χ1v) is 5.72. The number of nitro groups is 1. The number of hydrogen-bond acceptors (Lipinski definition) is 5. The summed E-state index contributed by atoms with van der Waals surface area (Å²) >= 11 is 0. The number of carbonyl (C=O) groups is 1. The monoisotopic (exact) mass is 262 g/mol. The van der Waals surface area contributed by atoms with Crippen molar-refractivity contribution in [3.05, 3.63) is 33.9 Å². The van der Waals surface area contributed by atoms with Crippen molar-refractivity contribution >= 4 is 17.3 Å². The first-order valence-electron chi connectivity index (χ1n) is 5.72. The first-order chi connectivity index (χ1) is 8.99. The van der Waals surface area contributed by atoms with E-state index in [9.17, 15) is 14.9 Å². The molecule has 1 unspecified atom stereocenters. The van der Waals surface area contributed by atoms with Crippen LogP contribution in [0, 0.1) is 21.4 Å². The zero-order valence-corrected chi connectivity index (χ0v) is 10.6. The Morgan fingerprint density at radius 2 is 2.26 bits per heavy atom. The predicted molar refractivity (Wildman–Crippen MR) is 69.6 cm³/mol. The highest BCUT2D eigenvalue weighted by Crippen LogP contribution is 2.21. The molecule has 1 aromatic carbocycles. The number of likely N-dealkylation sites (N-methyl/N-ethyl adjacent to an activating group) is 1. The lowest BCUT2D eigenvalue weighted by Crippen LogP contribution is -2.37. The largest absolute Gasteiger partial charge is 0.373 e. The second-order valence-electron chi connectivity index (χ2n) is 3.86. The summed E-state index contributed by atoms with van der Waals surface area (Å²) in [5, 5.41) is 25.1. The Labute approximate surface area is 110 Å². The smallest absolute Gasteiger partial charge is 0.270 e. The molecule has 0 saturated heterocycles. The molecule has 1 rings (SSSR count). The predicted octanol–water partition coefficient (Wildman–Crippen LogP) is 1.40. The van der Waals surface area contributed by atoms with Crippen LogP contribution >= 0.6 is 0 Å². The van der Waals surface area contributed by atoms with Gasteiger partial charge in [-0.05, 0) is 19.9 Å². The number of non-ortho nitro benzene ring substituents is 1. The molecule has 0 aromatic heterocycles. The maximum Gasteiger partial charge on any atom is 0.270 e. The highest BCUT2D eigenvalue weighted by atomic mass is 16.6. The third-order valence-corrected chi connectivity index (χ3v) is 2.45. The Hall–Kier alpha value is -2.62. The summed E-state index contributed by atoms with van der Waals surface area (Å²) in [7, 11) is 0. The van der Waals surface area contributed by atoms with Crippen LogP contribution in [0.3, 0.4) is 0 Å². The van der Waals surface area contributed by atoms with Crippen molar-refractivity contribution in [2.75, 3.05) is 11.9 Å². The Kier molecular flexibility index (Phi) is 4.83. The van der Waals surface area contributed by atoms with Gasteiger partial charge in [0.2, 0.25) is 5.91 Å². The second-order valence-corrected chi connectivity index (χ2v) is 3.86. The van der Waals surface area contributed by atoms with Gasteiger partial charge in [0.1, 0.15) is 12.1 Å². The molecule has 1 aromatic rings. The molecule has 0 saturated carbocycles. The van der Waals surface area contributed by atoms with Gasteiger partial charge in [0.25, 0.3) is 5.69 Å². The van der Waals surface area contributed by atoms with E-state index < -0.39 is 11.0 Å². The number of anilines is 1. The molecule has 1 amide bonds. The number of nitrogens with zero attached hydrogens (tertiary/aromatic N) is 2. The highest BCUT2D eigenvalue weighted by molar-refractivity contribution is 5.84. The molecule has 7 nitrogen and oxygen atoms in total. The SMILES string of the molecule is CCNC(=O)C(C)Nc1ccc([N+](=O)[O-])cc1C#N. The number of benzene rings is 1. The molecular weight excluding hydrogens is 248 g/mol. The van der Waals surface area contributed by atoms with Crippen LogP contribution < -0.4 is 10.6 Å². The average Bonchev–Trinajstić information content (AvgIpc) is 2.39. The lowest BCUT2D eigenvalue weighted by molar-refractivity contribution is -0.384. The van der Waals surface area contributed by atoms with E-state index in [1.807, 2.05) is 6.07 Å². The molecule has 0 aliphatic heterocycles. The summed E-state index contributed by atoms with van der Waals surface area (Å²) in [6, 6.07) is 5.22. The van der Waals surface area contributed by atoms with Crippen LogP contribution in [0.2, 0.25) is 0 Å². The second kappa shape index (κ2) is 6.35. The third-order valence-electron chi connectivity index (χ3n) is 2.45. The van der Waals surface area contributed by atoms with Gasteiger partial charge >= 0.3 is 0 Å². The average molecular weight is 262 g/mol. The molecule has 19 heavy (non-hydrogen) atoms. The van der Waals surface area contributed by atoms with Crippen molar-refractivity contribution in [3.8, 4) is 6.07 Å². The Balaban J connectivity index is 2.93. The van der Waals surface area contributed by atoms with Gasteiger partial charge in [0.05, 0.1) is 16.2 Å². The van der Waals surface area contributed by atoms with Crippen molar-refractivity contribution < 1.29 is 9.72 Å². The van der Waals surface area contributed by atoms with E-state index in [0.29, 0.717) is 12.2 Å². The molecule has 0 bridgehead atoms. The summed E-state index contributed by atoms with van der Waals surface area (Å²) in [4.78, 5) is 21.6. The number of rotatable bonds is 5. The quantitative estimate of drug-likeness (QED) is 0.616. The van der Waals surface area contributed by atoms with E-state index in [1.165, 1.54) is 18.2 Å². The molecule has 0 radical (unpaired) electrons. The van der Waals surface area contributed by atoms with Crippen molar-refractivity contribution in [3.63, 3.8) is 0 Å². The summed E-state index contributed by atoms with van der Waals surface area (Å²) in [6.45, 7) is 3.96. The van der Waals surface area contributed by atoms with E-state index in [4.69, 9.17) is 5.26 Å². The van der Waals surface area contributed by atoms with Crippen molar-refractivity contribution in [2.24, 2.45) is 0 Å². The van der Waals surface area contributed by atoms with Crippen LogP contribution in [0.4, 0.5) is 11.4 Å². The molecule has 7 heteroatoms. The van der Waals surface area contributed by atoms with E-state index in [2.05, 4.69) is 10.6 Å². The number of nitro benzene ring substituents is 1. The fourth-order valence-electron chi connectivity index (χ4n) is 1.49. The minimum atomic E-state index is -0.572. The van der Waals surface area contributed by atoms with Gasteiger partial charge in [-0.15, -0.1) is 0 Å². The summed E-state index contributed by atoms with van der Waals surface area (Å²) in [6.07, 6.45) is 0. The summed E-state index contributed by atoms with van der Waals surface area (Å²) in [5.74, 6) is -0.204. The third kappa shape index (κ3) is 3.67. The normalized spacial score (nSPS) is 11.2. The Bertz CT molecular complexity index is 536. The minimum absolute atomic E-state index is 0.130. The molecule has 0 aliphatic rings. The lowest BCUT2D eigenvalue weighted by Gasteiger charge is -2.15. The minimum Gasteiger partial charge on any atom is -0.373 e. The number of hydrogen-bond donors (Lipinski definition) is 2. The van der Waals surface area contributed by atoms with E-state index in [0.717, 1.165) is 0 Å². The molecule has 2 N–H and O–H groups in total. The van der Waals surface area contributed by atoms with Crippen LogP contribution in [0.15, 0.2) is 18.2 Å². The van der Waals surface area contributed by atoms with Gasteiger partial charge in [0, 0.05) is 18.7 Å². The highest BCUT2D eigenvalue weighted by Gasteiger charge is 2.15. The van der Waals surface area contributed by atoms with Crippen molar-refractivity contribution in [2.45, 2.75) is 19.9 Å². The van der Waals surface area contributed by atoms with Gasteiger partial charge in [0.15, 0.2) is 0 Å². The van der Waals surface area contributed by atoms with Crippen LogP contribution in [-0.2, 0) is 4.79 Å². The van der Waals surface area contributed by atoms with E-state index in [1.54, 1.807) is 13.8 Å². The maximum atomic E-state index is 11.6. The Morgan fingerprint density at radius 3 is 2.79 bits per heavy atom.